The predicted molar refractivity (Wildman–Crippen MR) is 142 cm³/mol. The molecule has 1 atom stereocenters. The van der Waals surface area contributed by atoms with E-state index in [2.05, 4.69) is 40.2 Å². The molecular formula is C30H28BrNO5. The fraction of sp³-hybridized carbons (Fsp3) is 0.333. The number of amides is 1. The number of halogens is 1. The molecule has 190 valence electrons. The molecule has 0 bridgehead atoms. The Morgan fingerprint density at radius 3 is 2.27 bits per heavy atom. The van der Waals surface area contributed by atoms with Crippen molar-refractivity contribution in [1.29, 1.82) is 0 Å². The van der Waals surface area contributed by atoms with Gasteiger partial charge in [-0.2, -0.15) is 0 Å². The minimum absolute atomic E-state index is 0.0339. The first-order valence-corrected chi connectivity index (χ1v) is 13.4. The molecule has 2 fully saturated rings. The number of ether oxygens (including phenoxy) is 2. The van der Waals surface area contributed by atoms with Gasteiger partial charge >= 0.3 is 12.1 Å². The number of carbonyl (C=O) groups is 2. The molecule has 3 aromatic carbocycles. The van der Waals surface area contributed by atoms with Crippen molar-refractivity contribution >= 4 is 28.0 Å². The van der Waals surface area contributed by atoms with Crippen LogP contribution in [0.25, 0.3) is 11.1 Å². The van der Waals surface area contributed by atoms with Gasteiger partial charge in [0, 0.05) is 28.9 Å². The standard InChI is InChI=1S/C30H28BrNO5/c31-21-7-5-6-20(14-21)30(37-16-27(33)34)13-12-29(17-30)18-32(19-29)28(35)36-15-26-24-10-3-1-8-22(24)23-9-2-4-11-25(23)26/h1-11,14,26H,12-13,15-19H2,(H,33,34). The maximum atomic E-state index is 13.0. The smallest absolute Gasteiger partial charge is 0.409 e. The average molecular weight is 562 g/mol. The van der Waals surface area contributed by atoms with Crippen LogP contribution < -0.4 is 0 Å². The number of carboxylic acids is 1. The lowest BCUT2D eigenvalue weighted by Crippen LogP contribution is -2.58. The summed E-state index contributed by atoms with van der Waals surface area (Å²) in [5, 5.41) is 9.27. The third kappa shape index (κ3) is 4.34. The van der Waals surface area contributed by atoms with E-state index in [1.54, 1.807) is 4.90 Å². The fourth-order valence-corrected chi connectivity index (χ4v) is 6.92. The Hall–Kier alpha value is -3.16. The quantitative estimate of drug-likeness (QED) is 0.389. The molecule has 1 heterocycles. The van der Waals surface area contributed by atoms with Crippen LogP contribution in [-0.2, 0) is 19.9 Å². The van der Waals surface area contributed by atoms with Gasteiger partial charge < -0.3 is 19.5 Å². The molecule has 0 aromatic heterocycles. The van der Waals surface area contributed by atoms with Crippen LogP contribution in [-0.4, -0.2) is 48.4 Å². The fourth-order valence-electron chi connectivity index (χ4n) is 6.52. The Labute approximate surface area is 224 Å². The molecule has 0 radical (unpaired) electrons. The van der Waals surface area contributed by atoms with E-state index in [4.69, 9.17) is 9.47 Å². The van der Waals surface area contributed by atoms with Crippen LogP contribution in [0.3, 0.4) is 0 Å². The van der Waals surface area contributed by atoms with Gasteiger partial charge in [-0.15, -0.1) is 0 Å². The van der Waals surface area contributed by atoms with Crippen LogP contribution in [0.15, 0.2) is 77.3 Å². The molecular weight excluding hydrogens is 534 g/mol. The molecule has 6 rings (SSSR count). The van der Waals surface area contributed by atoms with Crippen molar-refractivity contribution < 1.29 is 24.2 Å². The molecule has 37 heavy (non-hydrogen) atoms. The van der Waals surface area contributed by atoms with Gasteiger partial charge in [-0.25, -0.2) is 9.59 Å². The topological polar surface area (TPSA) is 76.1 Å². The van der Waals surface area contributed by atoms with Gasteiger partial charge in [-0.05, 0) is 59.2 Å². The molecule has 2 aliphatic carbocycles. The highest BCUT2D eigenvalue weighted by atomic mass is 79.9. The summed E-state index contributed by atoms with van der Waals surface area (Å²) >= 11 is 3.53. The lowest BCUT2D eigenvalue weighted by molar-refractivity contribution is -0.151. The Balaban J connectivity index is 1.12. The monoisotopic (exact) mass is 561 g/mol. The molecule has 3 aliphatic rings. The lowest BCUT2D eigenvalue weighted by Gasteiger charge is -2.48. The summed E-state index contributed by atoms with van der Waals surface area (Å²) in [6.07, 6.45) is 1.97. The number of nitrogens with zero attached hydrogens (tertiary/aromatic N) is 1. The summed E-state index contributed by atoms with van der Waals surface area (Å²) in [5.41, 5.74) is 5.02. The second-order valence-corrected chi connectivity index (χ2v) is 11.4. The first kappa shape index (κ1) is 24.2. The number of likely N-dealkylation sites (tertiary alicyclic amines) is 1. The van der Waals surface area contributed by atoms with Crippen LogP contribution in [0.1, 0.15) is 41.9 Å². The lowest BCUT2D eigenvalue weighted by atomic mass is 9.76. The number of benzene rings is 3. The van der Waals surface area contributed by atoms with Crippen molar-refractivity contribution in [3.63, 3.8) is 0 Å². The highest BCUT2D eigenvalue weighted by Gasteiger charge is 2.57. The molecule has 1 N–H and O–H groups in total. The van der Waals surface area contributed by atoms with Crippen LogP contribution >= 0.6 is 15.9 Å². The maximum Gasteiger partial charge on any atom is 0.409 e. The minimum Gasteiger partial charge on any atom is -0.480 e. The Morgan fingerprint density at radius 1 is 0.946 bits per heavy atom. The molecule has 1 spiro atoms. The molecule has 1 amide bonds. The molecule has 1 unspecified atom stereocenters. The predicted octanol–water partition coefficient (Wildman–Crippen LogP) is 6.18. The number of aliphatic carboxylic acids is 1. The van der Waals surface area contributed by atoms with Crippen LogP contribution in [0.2, 0.25) is 0 Å². The number of carboxylic acid groups (broad SMARTS) is 1. The van der Waals surface area contributed by atoms with Crippen molar-refractivity contribution in [2.45, 2.75) is 30.8 Å². The molecule has 1 saturated heterocycles. The summed E-state index contributed by atoms with van der Waals surface area (Å²) in [6, 6.07) is 24.5. The molecule has 1 saturated carbocycles. The Bertz CT molecular complexity index is 1320. The van der Waals surface area contributed by atoms with Crippen molar-refractivity contribution in [1.82, 2.24) is 4.90 Å². The summed E-state index contributed by atoms with van der Waals surface area (Å²) in [4.78, 5) is 26.1. The summed E-state index contributed by atoms with van der Waals surface area (Å²) in [5.74, 6) is -0.948. The first-order chi connectivity index (χ1) is 17.9. The third-order valence-corrected chi connectivity index (χ3v) is 8.68. The van der Waals surface area contributed by atoms with Gasteiger partial charge in [0.15, 0.2) is 0 Å². The first-order valence-electron chi connectivity index (χ1n) is 12.6. The van der Waals surface area contributed by atoms with E-state index in [0.29, 0.717) is 26.1 Å². The van der Waals surface area contributed by atoms with Gasteiger partial charge in [0.05, 0.1) is 5.60 Å². The molecule has 6 nitrogen and oxygen atoms in total. The minimum atomic E-state index is -0.982. The second kappa shape index (κ2) is 9.30. The van der Waals surface area contributed by atoms with Crippen molar-refractivity contribution in [3.05, 3.63) is 94.0 Å². The largest absolute Gasteiger partial charge is 0.480 e. The number of hydrogen-bond acceptors (Lipinski definition) is 4. The third-order valence-electron chi connectivity index (χ3n) is 8.19. The highest BCUT2D eigenvalue weighted by molar-refractivity contribution is 9.10. The van der Waals surface area contributed by atoms with E-state index >= 15 is 0 Å². The van der Waals surface area contributed by atoms with Crippen LogP contribution in [0.5, 0.6) is 0 Å². The van der Waals surface area contributed by atoms with E-state index in [1.165, 1.54) is 22.3 Å². The normalized spacial score (nSPS) is 21.4. The van der Waals surface area contributed by atoms with E-state index in [0.717, 1.165) is 22.9 Å². The number of rotatable bonds is 6. The maximum absolute atomic E-state index is 13.0. The van der Waals surface area contributed by atoms with Gasteiger partial charge in [0.1, 0.15) is 13.2 Å². The summed E-state index contributed by atoms with van der Waals surface area (Å²) < 4.78 is 12.8. The van der Waals surface area contributed by atoms with Crippen LogP contribution in [0.4, 0.5) is 4.79 Å². The molecule has 7 heteroatoms. The van der Waals surface area contributed by atoms with E-state index < -0.39 is 11.6 Å². The number of carbonyl (C=O) groups excluding carboxylic acids is 1. The molecule has 3 aromatic rings. The van der Waals surface area contributed by atoms with E-state index in [9.17, 15) is 14.7 Å². The summed E-state index contributed by atoms with van der Waals surface area (Å²) in [7, 11) is 0. The zero-order chi connectivity index (χ0) is 25.6. The van der Waals surface area contributed by atoms with Gasteiger partial charge in [-0.3, -0.25) is 0 Å². The zero-order valence-corrected chi connectivity index (χ0v) is 21.9. The summed E-state index contributed by atoms with van der Waals surface area (Å²) in [6.45, 7) is 1.14. The van der Waals surface area contributed by atoms with Gasteiger partial charge in [-0.1, -0.05) is 76.6 Å². The number of fused-ring (bicyclic) bond motifs is 3. The van der Waals surface area contributed by atoms with Crippen molar-refractivity contribution in [2.24, 2.45) is 5.41 Å². The Kier molecular flexibility index (Phi) is 6.08. The van der Waals surface area contributed by atoms with Crippen LogP contribution in [0, 0.1) is 5.41 Å². The zero-order valence-electron chi connectivity index (χ0n) is 20.4. The molecule has 1 aliphatic heterocycles. The van der Waals surface area contributed by atoms with Crippen molar-refractivity contribution in [3.8, 4) is 11.1 Å². The SMILES string of the molecule is O=C(O)COC1(c2cccc(Br)c2)CCC2(CN(C(=O)OCC3c4ccccc4-c4ccccc43)C2)C1. The van der Waals surface area contributed by atoms with Gasteiger partial charge in [0.25, 0.3) is 0 Å². The highest BCUT2D eigenvalue weighted by Crippen LogP contribution is 2.56. The Morgan fingerprint density at radius 2 is 1.62 bits per heavy atom. The van der Waals surface area contributed by atoms with E-state index in [1.807, 2.05) is 48.5 Å². The average Bonchev–Trinajstić information content (AvgIpc) is 3.43. The van der Waals surface area contributed by atoms with E-state index in [-0.39, 0.29) is 24.0 Å². The number of hydrogen-bond donors (Lipinski definition) is 1. The van der Waals surface area contributed by atoms with Gasteiger partial charge in [0.2, 0.25) is 0 Å². The van der Waals surface area contributed by atoms with Crippen molar-refractivity contribution in [2.75, 3.05) is 26.3 Å². The second-order valence-electron chi connectivity index (χ2n) is 10.5.